The highest BCUT2D eigenvalue weighted by Crippen LogP contribution is 2.24. The summed E-state index contributed by atoms with van der Waals surface area (Å²) in [5.41, 5.74) is 0.972. The van der Waals surface area contributed by atoms with Gasteiger partial charge in [-0.1, -0.05) is 43.2 Å². The van der Waals surface area contributed by atoms with Gasteiger partial charge in [-0.2, -0.15) is 0 Å². The minimum atomic E-state index is -0.394. The summed E-state index contributed by atoms with van der Waals surface area (Å²) in [6.45, 7) is 0.410. The molecule has 1 aromatic rings. The zero-order valence-corrected chi connectivity index (χ0v) is 11.0. The van der Waals surface area contributed by atoms with Crippen molar-refractivity contribution in [1.82, 2.24) is 5.32 Å². The number of benzene rings is 1. The van der Waals surface area contributed by atoms with Crippen molar-refractivity contribution in [2.24, 2.45) is 5.92 Å². The zero-order valence-electron chi connectivity index (χ0n) is 11.0. The normalized spacial score (nSPS) is 22.8. The van der Waals surface area contributed by atoms with Gasteiger partial charge in [0.15, 0.2) is 0 Å². The van der Waals surface area contributed by atoms with Crippen LogP contribution in [0.25, 0.3) is 0 Å². The first kappa shape index (κ1) is 13.9. The number of carbonyl (C=O) groups is 1. The highest BCUT2D eigenvalue weighted by Gasteiger charge is 2.26. The maximum absolute atomic E-state index is 11.7. The van der Waals surface area contributed by atoms with Crippen molar-refractivity contribution in [3.05, 3.63) is 35.9 Å². The molecule has 1 saturated carbocycles. The number of ether oxygens (including phenoxy) is 1. The molecule has 1 unspecified atom stereocenters. The summed E-state index contributed by atoms with van der Waals surface area (Å²) < 4.78 is 5.19. The lowest BCUT2D eigenvalue weighted by Gasteiger charge is -2.30. The quantitative estimate of drug-likeness (QED) is 0.877. The van der Waals surface area contributed by atoms with Gasteiger partial charge in [-0.25, -0.2) is 4.79 Å². The van der Waals surface area contributed by atoms with Gasteiger partial charge in [0.05, 0.1) is 0 Å². The van der Waals surface area contributed by atoms with Crippen molar-refractivity contribution >= 4 is 6.09 Å². The lowest BCUT2D eigenvalue weighted by Crippen LogP contribution is -2.43. The Bertz CT molecular complexity index is 394. The average Bonchev–Trinajstić information content (AvgIpc) is 2.47. The van der Waals surface area contributed by atoms with Crippen LogP contribution in [0.15, 0.2) is 30.3 Å². The first-order valence-electron chi connectivity index (χ1n) is 6.87. The molecular weight excluding hydrogens is 242 g/mol. The Morgan fingerprint density at radius 3 is 2.74 bits per heavy atom. The fourth-order valence-electron chi connectivity index (χ4n) is 2.53. The fraction of sp³-hybridized carbons (Fsp3) is 0.533. The van der Waals surface area contributed by atoms with Gasteiger partial charge in [0.25, 0.3) is 0 Å². The van der Waals surface area contributed by atoms with E-state index in [1.807, 2.05) is 30.3 Å². The van der Waals surface area contributed by atoms with Gasteiger partial charge in [-0.15, -0.1) is 0 Å². The van der Waals surface area contributed by atoms with Gasteiger partial charge in [-0.3, -0.25) is 0 Å². The third-order valence-electron chi connectivity index (χ3n) is 3.66. The van der Waals surface area contributed by atoms with E-state index in [1.165, 1.54) is 0 Å². The van der Waals surface area contributed by atoms with Crippen molar-refractivity contribution in [2.75, 3.05) is 6.61 Å². The van der Waals surface area contributed by atoms with E-state index in [0.717, 1.165) is 31.2 Å². The monoisotopic (exact) mass is 263 g/mol. The first-order valence-corrected chi connectivity index (χ1v) is 6.87. The van der Waals surface area contributed by atoms with Crippen molar-refractivity contribution < 1.29 is 14.6 Å². The summed E-state index contributed by atoms with van der Waals surface area (Å²) in [7, 11) is 0. The largest absolute Gasteiger partial charge is 0.445 e. The predicted molar refractivity (Wildman–Crippen MR) is 72.6 cm³/mol. The van der Waals surface area contributed by atoms with E-state index in [1.54, 1.807) is 0 Å². The molecule has 1 amide bonds. The Balaban J connectivity index is 1.77. The summed E-state index contributed by atoms with van der Waals surface area (Å²) in [5, 5.41) is 12.2. The highest BCUT2D eigenvalue weighted by atomic mass is 16.5. The summed E-state index contributed by atoms with van der Waals surface area (Å²) in [6, 6.07) is 9.65. The number of hydrogen-bond donors (Lipinski definition) is 2. The van der Waals surface area contributed by atoms with Gasteiger partial charge in [-0.05, 0) is 18.4 Å². The van der Waals surface area contributed by atoms with E-state index in [9.17, 15) is 9.90 Å². The van der Waals surface area contributed by atoms with Crippen LogP contribution in [-0.2, 0) is 11.3 Å². The Kier molecular flexibility index (Phi) is 5.21. The Hall–Kier alpha value is -1.55. The predicted octanol–water partition coefficient (Wildman–Crippen LogP) is 2.46. The summed E-state index contributed by atoms with van der Waals surface area (Å²) in [4.78, 5) is 11.7. The smallest absolute Gasteiger partial charge is 0.407 e. The molecule has 0 saturated heterocycles. The number of aliphatic hydroxyl groups is 1. The minimum absolute atomic E-state index is 0.0435. The van der Waals surface area contributed by atoms with Gasteiger partial charge in [0, 0.05) is 18.6 Å². The van der Waals surface area contributed by atoms with Crippen LogP contribution in [0.5, 0.6) is 0 Å². The molecule has 1 aliphatic rings. The Morgan fingerprint density at radius 2 is 2.00 bits per heavy atom. The molecule has 2 rings (SSSR count). The number of hydrogen-bond acceptors (Lipinski definition) is 3. The third-order valence-corrected chi connectivity index (χ3v) is 3.66. The highest BCUT2D eigenvalue weighted by molar-refractivity contribution is 5.67. The Morgan fingerprint density at radius 1 is 1.26 bits per heavy atom. The molecule has 0 bridgehead atoms. The minimum Gasteiger partial charge on any atom is -0.445 e. The van der Waals surface area contributed by atoms with Crippen molar-refractivity contribution in [2.45, 2.75) is 38.3 Å². The number of rotatable bonds is 4. The maximum Gasteiger partial charge on any atom is 0.407 e. The molecule has 0 radical (unpaired) electrons. The number of amides is 1. The fourth-order valence-corrected chi connectivity index (χ4v) is 2.53. The van der Waals surface area contributed by atoms with Crippen LogP contribution in [0.1, 0.15) is 31.2 Å². The maximum atomic E-state index is 11.7. The van der Waals surface area contributed by atoms with Crippen LogP contribution in [0.2, 0.25) is 0 Å². The van der Waals surface area contributed by atoms with E-state index < -0.39 is 6.09 Å². The molecule has 4 heteroatoms. The standard InChI is InChI=1S/C15H21NO3/c17-10-13-8-4-5-9-14(13)16-15(18)19-11-12-6-2-1-3-7-12/h1-3,6-7,13-14,17H,4-5,8-11H2,(H,16,18)/t13-,14?/m0/s1. The summed E-state index contributed by atoms with van der Waals surface area (Å²) >= 11 is 0. The van der Waals surface area contributed by atoms with Crippen molar-refractivity contribution in [3.8, 4) is 0 Å². The zero-order chi connectivity index (χ0) is 13.5. The molecule has 0 heterocycles. The number of nitrogens with one attached hydrogen (secondary N) is 1. The molecule has 0 aromatic heterocycles. The molecule has 2 atom stereocenters. The second kappa shape index (κ2) is 7.14. The van der Waals surface area contributed by atoms with Crippen LogP contribution >= 0.6 is 0 Å². The lowest BCUT2D eigenvalue weighted by atomic mass is 9.85. The second-order valence-electron chi connectivity index (χ2n) is 5.04. The molecule has 19 heavy (non-hydrogen) atoms. The molecule has 0 aliphatic heterocycles. The van der Waals surface area contributed by atoms with E-state index in [2.05, 4.69) is 5.32 Å². The van der Waals surface area contributed by atoms with Gasteiger partial charge in [0.1, 0.15) is 6.61 Å². The third kappa shape index (κ3) is 4.24. The summed E-state index contributed by atoms with van der Waals surface area (Å²) in [6.07, 6.45) is 3.73. The average molecular weight is 263 g/mol. The molecule has 1 aromatic carbocycles. The topological polar surface area (TPSA) is 58.6 Å². The molecule has 104 valence electrons. The molecule has 4 nitrogen and oxygen atoms in total. The van der Waals surface area contributed by atoms with Crippen LogP contribution in [0.3, 0.4) is 0 Å². The van der Waals surface area contributed by atoms with E-state index in [4.69, 9.17) is 4.74 Å². The molecular formula is C15H21NO3. The van der Waals surface area contributed by atoms with Crippen molar-refractivity contribution in [1.29, 1.82) is 0 Å². The van der Waals surface area contributed by atoms with Crippen LogP contribution < -0.4 is 5.32 Å². The lowest BCUT2D eigenvalue weighted by molar-refractivity contribution is 0.113. The van der Waals surface area contributed by atoms with E-state index >= 15 is 0 Å². The Labute approximate surface area is 113 Å². The summed E-state index contributed by atoms with van der Waals surface area (Å²) in [5.74, 6) is 0.165. The molecule has 0 spiro atoms. The van der Waals surface area contributed by atoms with E-state index in [-0.39, 0.29) is 25.2 Å². The van der Waals surface area contributed by atoms with Crippen LogP contribution in [0, 0.1) is 5.92 Å². The van der Waals surface area contributed by atoms with Gasteiger partial charge < -0.3 is 15.2 Å². The molecule has 1 fully saturated rings. The van der Waals surface area contributed by atoms with Crippen molar-refractivity contribution in [3.63, 3.8) is 0 Å². The number of alkyl carbamates (subject to hydrolysis) is 1. The second-order valence-corrected chi connectivity index (χ2v) is 5.04. The van der Waals surface area contributed by atoms with Gasteiger partial charge in [0.2, 0.25) is 0 Å². The van der Waals surface area contributed by atoms with Crippen LogP contribution in [0.4, 0.5) is 4.79 Å². The molecule has 2 N–H and O–H groups in total. The number of carbonyl (C=O) groups excluding carboxylic acids is 1. The first-order chi connectivity index (χ1) is 9.29. The SMILES string of the molecule is O=C(NC1CCCC[C@H]1CO)OCc1ccccc1. The van der Waals surface area contributed by atoms with Gasteiger partial charge >= 0.3 is 6.09 Å². The molecule has 1 aliphatic carbocycles. The van der Waals surface area contributed by atoms with E-state index in [0.29, 0.717) is 0 Å². The number of aliphatic hydroxyl groups excluding tert-OH is 1. The van der Waals surface area contributed by atoms with Crippen LogP contribution in [-0.4, -0.2) is 23.8 Å².